The molecule has 0 radical (unpaired) electrons. The van der Waals surface area contributed by atoms with Crippen molar-refractivity contribution in [3.05, 3.63) is 64.6 Å². The average molecular weight is 519 g/mol. The van der Waals surface area contributed by atoms with Gasteiger partial charge in [-0.15, -0.1) is 0 Å². The van der Waals surface area contributed by atoms with E-state index in [0.29, 0.717) is 48.1 Å². The molecule has 0 aliphatic carbocycles. The summed E-state index contributed by atoms with van der Waals surface area (Å²) >= 11 is 6.12. The number of nitrogens with one attached hydrogen (secondary N) is 1. The molecule has 0 saturated carbocycles. The van der Waals surface area contributed by atoms with Crippen LogP contribution in [-0.2, 0) is 27.7 Å². The Morgan fingerprint density at radius 3 is 2.60 bits per heavy atom. The van der Waals surface area contributed by atoms with Crippen molar-refractivity contribution >= 4 is 45.2 Å². The minimum absolute atomic E-state index is 0.0855. The number of nitrogens with zero attached hydrogens (tertiary/aromatic N) is 5. The van der Waals surface area contributed by atoms with E-state index >= 15 is 0 Å². The van der Waals surface area contributed by atoms with E-state index in [-0.39, 0.29) is 18.3 Å². The third-order valence-corrected chi connectivity index (χ3v) is 7.54. The number of sulfonamides is 1. The number of imidazole rings is 1. The van der Waals surface area contributed by atoms with Gasteiger partial charge in [0.1, 0.15) is 17.7 Å². The van der Waals surface area contributed by atoms with Crippen LogP contribution < -0.4 is 10.3 Å². The summed E-state index contributed by atoms with van der Waals surface area (Å²) in [6.45, 7) is 3.16. The lowest BCUT2D eigenvalue weighted by Gasteiger charge is -2.29. The van der Waals surface area contributed by atoms with E-state index in [1.54, 1.807) is 27.7 Å². The lowest BCUT2D eigenvalue weighted by atomic mass is 10.2. The number of ether oxygens (including phenoxy) is 1. The molecule has 3 heterocycles. The minimum Gasteiger partial charge on any atom is -0.384 e. The molecule has 1 aliphatic heterocycles. The van der Waals surface area contributed by atoms with Gasteiger partial charge in [-0.2, -0.15) is 5.10 Å². The van der Waals surface area contributed by atoms with E-state index in [2.05, 4.69) is 15.4 Å². The molecule has 1 aromatic carbocycles. The molecule has 0 saturated heterocycles. The van der Waals surface area contributed by atoms with Gasteiger partial charge in [0, 0.05) is 19.9 Å². The van der Waals surface area contributed by atoms with E-state index in [9.17, 15) is 13.2 Å². The van der Waals surface area contributed by atoms with Crippen molar-refractivity contribution in [3.63, 3.8) is 0 Å². The molecule has 1 amide bonds. The van der Waals surface area contributed by atoms with Gasteiger partial charge in [0.2, 0.25) is 10.0 Å². The third-order valence-electron chi connectivity index (χ3n) is 5.65. The van der Waals surface area contributed by atoms with Crippen LogP contribution in [0.4, 0.5) is 5.69 Å². The van der Waals surface area contributed by atoms with Crippen LogP contribution in [0, 0.1) is 0 Å². The predicted molar refractivity (Wildman–Crippen MR) is 135 cm³/mol. The van der Waals surface area contributed by atoms with Crippen LogP contribution in [0.15, 0.2) is 47.7 Å². The molecule has 0 unspecified atom stereocenters. The number of aromatic nitrogens is 2. The number of hydrogen-bond acceptors (Lipinski definition) is 7. The number of aryl methyl sites for hydroxylation is 1. The normalized spacial score (nSPS) is 14.0. The van der Waals surface area contributed by atoms with Crippen LogP contribution in [0.1, 0.15) is 28.7 Å². The molecule has 1 aliphatic rings. The summed E-state index contributed by atoms with van der Waals surface area (Å²) in [5, 5.41) is 9.49. The number of hydrogen-bond donors (Lipinski definition) is 1. The van der Waals surface area contributed by atoms with Gasteiger partial charge in [-0.3, -0.25) is 18.5 Å². The summed E-state index contributed by atoms with van der Waals surface area (Å²) in [7, 11) is -1.97. The van der Waals surface area contributed by atoms with Crippen molar-refractivity contribution in [1.82, 2.24) is 19.0 Å². The Balaban J connectivity index is 1.39. The highest BCUT2D eigenvalue weighted by molar-refractivity contribution is 7.89. The smallest absolute Gasteiger partial charge is 0.270 e. The summed E-state index contributed by atoms with van der Waals surface area (Å²) in [6.07, 6.45) is 3.64. The fourth-order valence-corrected chi connectivity index (χ4v) is 5.07. The molecular weight excluding hydrogens is 492 g/mol. The molecule has 0 spiro atoms. The molecule has 3 aromatic rings. The monoisotopic (exact) mass is 518 g/mol. The molecule has 1 N–H and O–H groups in total. The highest BCUT2D eigenvalue weighted by atomic mass is 35.5. The summed E-state index contributed by atoms with van der Waals surface area (Å²) < 4.78 is 32.3. The lowest BCUT2D eigenvalue weighted by molar-refractivity contribution is 0.0944. The Morgan fingerprint density at radius 1 is 1.17 bits per heavy atom. The van der Waals surface area contributed by atoms with E-state index in [4.69, 9.17) is 16.3 Å². The molecule has 10 nitrogen and oxygen atoms in total. The van der Waals surface area contributed by atoms with Gasteiger partial charge in [-0.1, -0.05) is 30.7 Å². The maximum absolute atomic E-state index is 13.0. The Kier molecular flexibility index (Phi) is 7.58. The Bertz CT molecular complexity index is 1340. The van der Waals surface area contributed by atoms with E-state index in [1.165, 1.54) is 17.8 Å². The second-order valence-electron chi connectivity index (χ2n) is 7.96. The fraction of sp³-hybridized carbons (Fsp3) is 0.348. The van der Waals surface area contributed by atoms with Gasteiger partial charge in [0.05, 0.1) is 41.9 Å². The number of rotatable bonds is 9. The van der Waals surface area contributed by atoms with Gasteiger partial charge in [0.25, 0.3) is 5.91 Å². The van der Waals surface area contributed by atoms with Crippen LogP contribution in [0.5, 0.6) is 0 Å². The van der Waals surface area contributed by atoms with Crippen molar-refractivity contribution in [3.8, 4) is 0 Å². The Hall–Kier alpha value is -3.15. The largest absolute Gasteiger partial charge is 0.384 e. The molecule has 12 heteroatoms. The average Bonchev–Trinajstić information content (AvgIpc) is 3.24. The fourth-order valence-electron chi connectivity index (χ4n) is 3.75. The third kappa shape index (κ3) is 5.58. The van der Waals surface area contributed by atoms with Crippen LogP contribution in [0.3, 0.4) is 0 Å². The highest BCUT2D eigenvalue weighted by Gasteiger charge is 2.23. The molecule has 186 valence electrons. The minimum atomic E-state index is -3.43. The predicted octanol–water partition coefficient (Wildman–Crippen LogP) is 2.52. The molecule has 35 heavy (non-hydrogen) atoms. The maximum atomic E-state index is 13.0. The van der Waals surface area contributed by atoms with E-state index in [1.807, 2.05) is 31.2 Å². The summed E-state index contributed by atoms with van der Waals surface area (Å²) in [5.74, 6) is -0.311. The van der Waals surface area contributed by atoms with Gasteiger partial charge in [0.15, 0.2) is 0 Å². The lowest BCUT2D eigenvalue weighted by Crippen LogP contribution is -2.42. The van der Waals surface area contributed by atoms with Crippen molar-refractivity contribution in [2.75, 3.05) is 37.6 Å². The summed E-state index contributed by atoms with van der Waals surface area (Å²) in [4.78, 5) is 17.5. The zero-order valence-corrected chi connectivity index (χ0v) is 21.1. The first kappa shape index (κ1) is 25.0. The standard InChI is InChI=1S/C23H27ClN6O4S/c1-3-20-22(29-15-18(24)6-9-21(29)27-20)23(31)25-14-17-4-7-19(8-5-17)30-11-10-28(16-26-30)35(32,33)13-12-34-2/h4-9,15-16H,3,10-14H2,1-2H3,(H,25,31). The second-order valence-corrected chi connectivity index (χ2v) is 10.4. The Labute approximate surface area is 209 Å². The van der Waals surface area contributed by atoms with Crippen LogP contribution in [0.2, 0.25) is 5.02 Å². The Morgan fingerprint density at radius 2 is 1.94 bits per heavy atom. The van der Waals surface area contributed by atoms with E-state index in [0.717, 1.165) is 11.3 Å². The first-order chi connectivity index (χ1) is 16.8. The van der Waals surface area contributed by atoms with Crippen LogP contribution in [-0.4, -0.2) is 66.9 Å². The quantitative estimate of drug-likeness (QED) is 0.466. The molecule has 0 bridgehead atoms. The number of hydrazone groups is 1. The summed E-state index contributed by atoms with van der Waals surface area (Å²) in [6, 6.07) is 11.1. The van der Waals surface area contributed by atoms with Crippen LogP contribution in [0.25, 0.3) is 5.65 Å². The number of anilines is 1. The molecule has 0 fully saturated rings. The highest BCUT2D eigenvalue weighted by Crippen LogP contribution is 2.20. The van der Waals surface area contributed by atoms with Gasteiger partial charge < -0.3 is 10.1 Å². The first-order valence-electron chi connectivity index (χ1n) is 11.2. The zero-order chi connectivity index (χ0) is 25.0. The van der Waals surface area contributed by atoms with Crippen LogP contribution >= 0.6 is 11.6 Å². The molecule has 0 atom stereocenters. The number of methoxy groups -OCH3 is 1. The SMILES string of the molecule is CCc1nc2ccc(Cl)cn2c1C(=O)NCc1ccc(N2CCN(S(=O)(=O)CCOC)C=N2)cc1. The number of amides is 1. The second kappa shape index (κ2) is 10.6. The number of pyridine rings is 1. The zero-order valence-electron chi connectivity index (χ0n) is 19.5. The number of halogens is 1. The van der Waals surface area contributed by atoms with Gasteiger partial charge >= 0.3 is 0 Å². The van der Waals surface area contributed by atoms with Gasteiger partial charge in [-0.25, -0.2) is 13.4 Å². The van der Waals surface area contributed by atoms with Crippen molar-refractivity contribution < 1.29 is 17.9 Å². The topological polar surface area (TPSA) is 109 Å². The number of carbonyl (C=O) groups is 1. The number of benzene rings is 1. The number of carbonyl (C=O) groups excluding carboxylic acids is 1. The first-order valence-corrected chi connectivity index (χ1v) is 13.1. The van der Waals surface area contributed by atoms with E-state index < -0.39 is 10.0 Å². The maximum Gasteiger partial charge on any atom is 0.270 e. The van der Waals surface area contributed by atoms with Crippen molar-refractivity contribution in [2.24, 2.45) is 5.10 Å². The summed E-state index contributed by atoms with van der Waals surface area (Å²) in [5.41, 5.74) is 3.61. The van der Waals surface area contributed by atoms with Crippen molar-refractivity contribution in [2.45, 2.75) is 19.9 Å². The van der Waals surface area contributed by atoms with Gasteiger partial charge in [-0.05, 0) is 36.2 Å². The molecular formula is C23H27ClN6O4S. The number of fused-ring (bicyclic) bond motifs is 1. The molecule has 4 rings (SSSR count). The molecule has 2 aromatic heterocycles. The van der Waals surface area contributed by atoms with Crippen molar-refractivity contribution in [1.29, 1.82) is 0 Å².